The number of anilines is 3. The zero-order chi connectivity index (χ0) is 13.2. The molecule has 1 aliphatic rings. The van der Waals surface area contributed by atoms with Crippen molar-refractivity contribution in [1.82, 2.24) is 9.97 Å². The number of hydrogen-bond acceptors (Lipinski definition) is 5. The molecule has 2 heterocycles. The van der Waals surface area contributed by atoms with Gasteiger partial charge in [-0.1, -0.05) is 13.8 Å². The predicted octanol–water partition coefficient (Wildman–Crippen LogP) is 2.12. The van der Waals surface area contributed by atoms with Crippen LogP contribution in [-0.2, 0) is 0 Å². The van der Waals surface area contributed by atoms with Gasteiger partial charge in [-0.2, -0.15) is 9.97 Å². The highest BCUT2D eigenvalue weighted by molar-refractivity contribution is 5.53. The summed E-state index contributed by atoms with van der Waals surface area (Å²) in [5.41, 5.74) is 6.19. The van der Waals surface area contributed by atoms with Crippen LogP contribution in [0, 0.1) is 5.41 Å². The first-order valence-electron chi connectivity index (χ1n) is 6.69. The molecule has 0 spiro atoms. The van der Waals surface area contributed by atoms with E-state index in [1.807, 2.05) is 13.1 Å². The largest absolute Gasteiger partial charge is 0.373 e. The van der Waals surface area contributed by atoms with Crippen molar-refractivity contribution >= 4 is 17.6 Å². The Morgan fingerprint density at radius 3 is 2.67 bits per heavy atom. The fourth-order valence-corrected chi connectivity index (χ4v) is 2.70. The van der Waals surface area contributed by atoms with Crippen LogP contribution in [0.2, 0.25) is 0 Å². The third-order valence-electron chi connectivity index (χ3n) is 4.25. The van der Waals surface area contributed by atoms with Gasteiger partial charge in [0, 0.05) is 26.2 Å². The molecule has 0 aromatic carbocycles. The minimum absolute atomic E-state index is 0.336. The molecule has 5 heteroatoms. The van der Waals surface area contributed by atoms with Crippen LogP contribution in [0.15, 0.2) is 6.07 Å². The van der Waals surface area contributed by atoms with E-state index in [0.717, 1.165) is 24.7 Å². The maximum atomic E-state index is 5.75. The van der Waals surface area contributed by atoms with Crippen molar-refractivity contribution in [3.63, 3.8) is 0 Å². The van der Waals surface area contributed by atoms with E-state index < -0.39 is 0 Å². The van der Waals surface area contributed by atoms with Gasteiger partial charge in [-0.25, -0.2) is 0 Å². The van der Waals surface area contributed by atoms with Crippen molar-refractivity contribution in [1.29, 1.82) is 0 Å². The van der Waals surface area contributed by atoms with Gasteiger partial charge < -0.3 is 16.0 Å². The van der Waals surface area contributed by atoms with Crippen LogP contribution in [0.1, 0.15) is 33.1 Å². The lowest BCUT2D eigenvalue weighted by Gasteiger charge is -2.26. The van der Waals surface area contributed by atoms with Gasteiger partial charge >= 0.3 is 0 Å². The number of rotatable bonds is 4. The fraction of sp³-hybridized carbons (Fsp3) is 0.692. The zero-order valence-electron chi connectivity index (χ0n) is 11.5. The van der Waals surface area contributed by atoms with Gasteiger partial charge in [-0.05, 0) is 24.7 Å². The van der Waals surface area contributed by atoms with Crippen molar-refractivity contribution in [2.24, 2.45) is 5.41 Å². The summed E-state index contributed by atoms with van der Waals surface area (Å²) < 4.78 is 0. The highest BCUT2D eigenvalue weighted by Gasteiger charge is 2.35. The third-order valence-corrected chi connectivity index (χ3v) is 4.25. The molecular formula is C13H23N5. The molecule has 2 rings (SSSR count). The Hall–Kier alpha value is -1.52. The molecule has 1 aromatic heterocycles. The fourth-order valence-electron chi connectivity index (χ4n) is 2.70. The summed E-state index contributed by atoms with van der Waals surface area (Å²) in [5, 5.41) is 3.02. The van der Waals surface area contributed by atoms with Gasteiger partial charge in [0.1, 0.15) is 11.6 Å². The topological polar surface area (TPSA) is 67.1 Å². The SMILES string of the molecule is CCC1(CC)CCN(c2cc(NC)nc(N)n2)C1. The van der Waals surface area contributed by atoms with Crippen molar-refractivity contribution in [3.05, 3.63) is 6.07 Å². The molecule has 5 nitrogen and oxygen atoms in total. The Morgan fingerprint density at radius 2 is 2.11 bits per heavy atom. The van der Waals surface area contributed by atoms with Gasteiger partial charge in [0.05, 0.1) is 0 Å². The number of hydrogen-bond donors (Lipinski definition) is 2. The van der Waals surface area contributed by atoms with Crippen LogP contribution in [-0.4, -0.2) is 30.1 Å². The lowest BCUT2D eigenvalue weighted by atomic mass is 9.82. The van der Waals surface area contributed by atoms with E-state index in [9.17, 15) is 0 Å². The minimum atomic E-state index is 0.336. The summed E-state index contributed by atoms with van der Waals surface area (Å²) in [5.74, 6) is 2.06. The van der Waals surface area contributed by atoms with Gasteiger partial charge in [-0.3, -0.25) is 0 Å². The van der Waals surface area contributed by atoms with Gasteiger partial charge in [-0.15, -0.1) is 0 Å². The lowest BCUT2D eigenvalue weighted by molar-refractivity contribution is 0.301. The quantitative estimate of drug-likeness (QED) is 0.855. The van der Waals surface area contributed by atoms with E-state index in [-0.39, 0.29) is 0 Å². The first-order valence-corrected chi connectivity index (χ1v) is 6.69. The molecule has 1 fully saturated rings. The molecule has 1 saturated heterocycles. The van der Waals surface area contributed by atoms with Crippen LogP contribution in [0.5, 0.6) is 0 Å². The molecule has 0 atom stereocenters. The molecule has 0 bridgehead atoms. The first kappa shape index (κ1) is 12.9. The minimum Gasteiger partial charge on any atom is -0.373 e. The number of nitrogens with one attached hydrogen (secondary N) is 1. The number of nitrogens with zero attached hydrogens (tertiary/aromatic N) is 3. The molecule has 0 amide bonds. The van der Waals surface area contributed by atoms with Crippen molar-refractivity contribution in [3.8, 4) is 0 Å². The van der Waals surface area contributed by atoms with E-state index in [0.29, 0.717) is 11.4 Å². The number of nitrogens with two attached hydrogens (primary N) is 1. The van der Waals surface area contributed by atoms with E-state index in [1.54, 1.807) is 0 Å². The molecule has 3 N–H and O–H groups in total. The molecule has 0 unspecified atom stereocenters. The van der Waals surface area contributed by atoms with Crippen LogP contribution < -0.4 is 16.0 Å². The molecular weight excluding hydrogens is 226 g/mol. The summed E-state index contributed by atoms with van der Waals surface area (Å²) in [6, 6.07) is 1.97. The third kappa shape index (κ3) is 2.35. The smallest absolute Gasteiger partial charge is 0.223 e. The van der Waals surface area contributed by atoms with Crippen molar-refractivity contribution < 1.29 is 0 Å². The standard InChI is InChI=1S/C13H23N5/c1-4-13(5-2)6-7-18(9-13)11-8-10(15-3)16-12(14)17-11/h8H,4-7,9H2,1-3H3,(H3,14,15,16,17). The highest BCUT2D eigenvalue weighted by atomic mass is 15.2. The van der Waals surface area contributed by atoms with E-state index in [4.69, 9.17) is 5.73 Å². The maximum Gasteiger partial charge on any atom is 0.223 e. The molecule has 0 radical (unpaired) electrons. The van der Waals surface area contributed by atoms with Crippen LogP contribution >= 0.6 is 0 Å². The summed E-state index contributed by atoms with van der Waals surface area (Å²) in [6.07, 6.45) is 3.68. The Kier molecular flexibility index (Phi) is 3.59. The second kappa shape index (κ2) is 5.00. The normalized spacial score (nSPS) is 18.1. The van der Waals surface area contributed by atoms with E-state index >= 15 is 0 Å². The van der Waals surface area contributed by atoms with Crippen molar-refractivity contribution in [2.75, 3.05) is 36.1 Å². The highest BCUT2D eigenvalue weighted by Crippen LogP contribution is 2.38. The Morgan fingerprint density at radius 1 is 1.39 bits per heavy atom. The Balaban J connectivity index is 2.21. The average Bonchev–Trinajstić information content (AvgIpc) is 2.83. The summed E-state index contributed by atoms with van der Waals surface area (Å²) >= 11 is 0. The van der Waals surface area contributed by atoms with Crippen molar-refractivity contribution in [2.45, 2.75) is 33.1 Å². The lowest BCUT2D eigenvalue weighted by Crippen LogP contribution is -2.27. The summed E-state index contributed by atoms with van der Waals surface area (Å²) in [7, 11) is 1.85. The second-order valence-corrected chi connectivity index (χ2v) is 5.10. The molecule has 1 aromatic rings. The number of nitrogen functional groups attached to an aromatic ring is 1. The van der Waals surface area contributed by atoms with E-state index in [1.165, 1.54) is 19.3 Å². The van der Waals surface area contributed by atoms with Gasteiger partial charge in [0.2, 0.25) is 5.95 Å². The molecule has 0 saturated carbocycles. The average molecular weight is 249 g/mol. The molecule has 0 aliphatic carbocycles. The van der Waals surface area contributed by atoms with Gasteiger partial charge in [0.15, 0.2) is 0 Å². The van der Waals surface area contributed by atoms with Gasteiger partial charge in [0.25, 0.3) is 0 Å². The summed E-state index contributed by atoms with van der Waals surface area (Å²) in [6.45, 7) is 6.68. The molecule has 18 heavy (non-hydrogen) atoms. The molecule has 100 valence electrons. The predicted molar refractivity (Wildman–Crippen MR) is 75.8 cm³/mol. The summed E-state index contributed by atoms with van der Waals surface area (Å²) in [4.78, 5) is 10.8. The van der Waals surface area contributed by atoms with E-state index in [2.05, 4.69) is 34.0 Å². The Labute approximate surface area is 109 Å². The first-order chi connectivity index (χ1) is 8.62. The maximum absolute atomic E-state index is 5.75. The van der Waals surface area contributed by atoms with Crippen LogP contribution in [0.4, 0.5) is 17.6 Å². The monoisotopic (exact) mass is 249 g/mol. The second-order valence-electron chi connectivity index (χ2n) is 5.10. The Bertz CT molecular complexity index is 414. The number of aromatic nitrogens is 2. The van der Waals surface area contributed by atoms with Crippen LogP contribution in [0.25, 0.3) is 0 Å². The molecule has 1 aliphatic heterocycles. The van der Waals surface area contributed by atoms with Crippen LogP contribution in [0.3, 0.4) is 0 Å². The zero-order valence-corrected chi connectivity index (χ0v) is 11.5.